The molecule has 14 heavy (non-hydrogen) atoms. The first-order chi connectivity index (χ1) is 6.52. The average molecular weight is 193 g/mol. The normalized spacial score (nSPS) is 10.0. The second kappa shape index (κ2) is 4.22. The minimum atomic E-state index is -0.274. The van der Waals surface area contributed by atoms with Crippen LogP contribution < -0.4 is 0 Å². The van der Waals surface area contributed by atoms with E-state index in [2.05, 4.69) is 4.98 Å². The Balaban J connectivity index is 2.88. The van der Waals surface area contributed by atoms with Gasteiger partial charge in [0.2, 0.25) is 0 Å². The first kappa shape index (κ1) is 10.7. The Hall–Kier alpha value is -1.38. The van der Waals surface area contributed by atoms with E-state index < -0.39 is 0 Å². The molecule has 76 valence electrons. The van der Waals surface area contributed by atoms with Gasteiger partial charge in [-0.3, -0.25) is 9.78 Å². The van der Waals surface area contributed by atoms with Gasteiger partial charge in [0.25, 0.3) is 0 Å². The van der Waals surface area contributed by atoms with Crippen LogP contribution in [-0.4, -0.2) is 11.0 Å². The lowest BCUT2D eigenvalue weighted by Gasteiger charge is -2.09. The fourth-order valence-corrected chi connectivity index (χ4v) is 1.20. The monoisotopic (exact) mass is 193 g/mol. The van der Waals surface area contributed by atoms with Crippen molar-refractivity contribution in [3.8, 4) is 0 Å². The molecule has 0 spiro atoms. The highest BCUT2D eigenvalue weighted by Crippen LogP contribution is 2.14. The molecule has 1 aromatic heterocycles. The summed E-state index contributed by atoms with van der Waals surface area (Å²) in [4.78, 5) is 14.9. The van der Waals surface area contributed by atoms with Crippen molar-refractivity contribution in [3.63, 3.8) is 0 Å². The van der Waals surface area contributed by atoms with Gasteiger partial charge in [-0.15, -0.1) is 0 Å². The summed E-state index contributed by atoms with van der Waals surface area (Å²) < 4.78 is 4.90. The van der Waals surface area contributed by atoms with Crippen molar-refractivity contribution in [2.24, 2.45) is 0 Å². The molecule has 0 aliphatic heterocycles. The summed E-state index contributed by atoms with van der Waals surface area (Å²) in [5.74, 6) is -0.274. The number of hydrogen-bond acceptors (Lipinski definition) is 3. The molecule has 1 heterocycles. The van der Waals surface area contributed by atoms with Crippen LogP contribution in [0.3, 0.4) is 0 Å². The summed E-state index contributed by atoms with van der Waals surface area (Å²) in [6.45, 7) is 7.72. The first-order valence-electron chi connectivity index (χ1n) is 4.57. The lowest BCUT2D eigenvalue weighted by molar-refractivity contribution is -0.142. The highest BCUT2D eigenvalue weighted by Gasteiger charge is 2.06. The number of carbonyl (C=O) groups is 1. The zero-order valence-corrected chi connectivity index (χ0v) is 9.05. The van der Waals surface area contributed by atoms with Gasteiger partial charge in [0, 0.05) is 13.1 Å². The zero-order valence-electron chi connectivity index (χ0n) is 9.05. The lowest BCUT2D eigenvalue weighted by Crippen LogP contribution is -2.04. The number of carbonyl (C=O) groups excluding carboxylic acids is 1. The molecule has 0 N–H and O–H groups in total. The van der Waals surface area contributed by atoms with Gasteiger partial charge < -0.3 is 4.74 Å². The first-order valence-corrected chi connectivity index (χ1v) is 4.57. The third-order valence-electron chi connectivity index (χ3n) is 2.41. The molecule has 0 fully saturated rings. The maximum atomic E-state index is 10.6. The molecule has 0 amide bonds. The summed E-state index contributed by atoms with van der Waals surface area (Å²) in [7, 11) is 0. The Bertz CT molecular complexity index is 359. The summed E-state index contributed by atoms with van der Waals surface area (Å²) in [6.07, 6.45) is 1.81. The largest absolute Gasteiger partial charge is 0.459 e. The van der Waals surface area contributed by atoms with E-state index >= 15 is 0 Å². The molecule has 0 saturated heterocycles. The molecule has 0 saturated carbocycles. The SMILES string of the molecule is CC(=O)OCc1ncc(C)c(C)c1C. The number of rotatable bonds is 2. The maximum absolute atomic E-state index is 10.6. The third kappa shape index (κ3) is 2.31. The molecule has 1 aromatic rings. The summed E-state index contributed by atoms with van der Waals surface area (Å²) in [5.41, 5.74) is 4.31. The summed E-state index contributed by atoms with van der Waals surface area (Å²) in [5, 5.41) is 0. The Morgan fingerprint density at radius 1 is 1.36 bits per heavy atom. The number of pyridine rings is 1. The van der Waals surface area contributed by atoms with Gasteiger partial charge in [0.1, 0.15) is 6.61 Å². The van der Waals surface area contributed by atoms with Crippen LogP contribution in [0.1, 0.15) is 29.3 Å². The predicted molar refractivity (Wildman–Crippen MR) is 53.9 cm³/mol. The number of aryl methyl sites for hydroxylation is 1. The van der Waals surface area contributed by atoms with Crippen LogP contribution in [0, 0.1) is 20.8 Å². The van der Waals surface area contributed by atoms with Gasteiger partial charge in [-0.05, 0) is 37.5 Å². The third-order valence-corrected chi connectivity index (χ3v) is 2.41. The highest BCUT2D eigenvalue weighted by atomic mass is 16.5. The van der Waals surface area contributed by atoms with Crippen LogP contribution in [0.2, 0.25) is 0 Å². The van der Waals surface area contributed by atoms with Gasteiger partial charge in [0.15, 0.2) is 0 Å². The molecule has 3 heteroatoms. The second-order valence-corrected chi connectivity index (χ2v) is 3.42. The predicted octanol–water partition coefficient (Wildman–Crippen LogP) is 2.07. The van der Waals surface area contributed by atoms with Gasteiger partial charge in [-0.1, -0.05) is 0 Å². The molecule has 0 aliphatic carbocycles. The van der Waals surface area contributed by atoms with Gasteiger partial charge in [-0.25, -0.2) is 0 Å². The van der Waals surface area contributed by atoms with E-state index in [0.717, 1.165) is 16.8 Å². The fourth-order valence-electron chi connectivity index (χ4n) is 1.20. The molecule has 0 bridgehead atoms. The van der Waals surface area contributed by atoms with E-state index in [1.807, 2.05) is 20.8 Å². The second-order valence-electron chi connectivity index (χ2n) is 3.42. The fraction of sp³-hybridized carbons (Fsp3) is 0.455. The number of esters is 1. The lowest BCUT2D eigenvalue weighted by atomic mass is 10.1. The van der Waals surface area contributed by atoms with E-state index in [0.29, 0.717) is 0 Å². The summed E-state index contributed by atoms with van der Waals surface area (Å²) >= 11 is 0. The van der Waals surface area contributed by atoms with E-state index in [4.69, 9.17) is 4.74 Å². The minimum Gasteiger partial charge on any atom is -0.459 e. The van der Waals surface area contributed by atoms with Gasteiger partial charge >= 0.3 is 5.97 Å². The molecule has 0 radical (unpaired) electrons. The van der Waals surface area contributed by atoms with Crippen molar-refractivity contribution >= 4 is 5.97 Å². The van der Waals surface area contributed by atoms with Crippen molar-refractivity contribution in [3.05, 3.63) is 28.6 Å². The van der Waals surface area contributed by atoms with Crippen LogP contribution in [0.25, 0.3) is 0 Å². The Kier molecular flexibility index (Phi) is 3.23. The Labute approximate surface area is 84.1 Å². The molecule has 3 nitrogen and oxygen atoms in total. The van der Waals surface area contributed by atoms with E-state index in [9.17, 15) is 4.79 Å². The van der Waals surface area contributed by atoms with Crippen molar-refractivity contribution in [2.75, 3.05) is 0 Å². The van der Waals surface area contributed by atoms with Crippen molar-refractivity contribution in [1.82, 2.24) is 4.98 Å². The highest BCUT2D eigenvalue weighted by molar-refractivity contribution is 5.65. The van der Waals surface area contributed by atoms with E-state index in [-0.39, 0.29) is 12.6 Å². The molecule has 0 aromatic carbocycles. The minimum absolute atomic E-state index is 0.266. The van der Waals surface area contributed by atoms with Crippen LogP contribution in [0.5, 0.6) is 0 Å². The van der Waals surface area contributed by atoms with Crippen LogP contribution in [-0.2, 0) is 16.1 Å². The molecule has 0 atom stereocenters. The van der Waals surface area contributed by atoms with Crippen LogP contribution in [0.4, 0.5) is 0 Å². The van der Waals surface area contributed by atoms with Crippen molar-refractivity contribution < 1.29 is 9.53 Å². The van der Waals surface area contributed by atoms with E-state index in [1.54, 1.807) is 6.20 Å². The molecule has 0 aliphatic rings. The van der Waals surface area contributed by atoms with Crippen LogP contribution in [0.15, 0.2) is 6.20 Å². The standard InChI is InChI=1S/C11H15NO2/c1-7-5-12-11(6-14-10(4)13)9(3)8(7)2/h5H,6H2,1-4H3. The number of hydrogen-bond donors (Lipinski definition) is 0. The zero-order chi connectivity index (χ0) is 10.7. The van der Waals surface area contributed by atoms with Gasteiger partial charge in [0.05, 0.1) is 5.69 Å². The maximum Gasteiger partial charge on any atom is 0.303 e. The molecule has 0 unspecified atom stereocenters. The average Bonchev–Trinajstić information content (AvgIpc) is 2.13. The molecule has 1 rings (SSSR count). The molecular weight excluding hydrogens is 178 g/mol. The number of nitrogens with zero attached hydrogens (tertiary/aromatic N) is 1. The van der Waals surface area contributed by atoms with Crippen molar-refractivity contribution in [1.29, 1.82) is 0 Å². The number of ether oxygens (including phenoxy) is 1. The van der Waals surface area contributed by atoms with Crippen LogP contribution >= 0.6 is 0 Å². The topological polar surface area (TPSA) is 39.2 Å². The van der Waals surface area contributed by atoms with E-state index in [1.165, 1.54) is 12.5 Å². The van der Waals surface area contributed by atoms with Crippen molar-refractivity contribution in [2.45, 2.75) is 34.3 Å². The quantitative estimate of drug-likeness (QED) is 0.675. The number of aromatic nitrogens is 1. The smallest absolute Gasteiger partial charge is 0.303 e. The summed E-state index contributed by atoms with van der Waals surface area (Å²) in [6, 6.07) is 0. The Morgan fingerprint density at radius 2 is 2.00 bits per heavy atom. The van der Waals surface area contributed by atoms with Gasteiger partial charge in [-0.2, -0.15) is 0 Å². The molecular formula is C11H15NO2. The Morgan fingerprint density at radius 3 is 2.57 bits per heavy atom.